The standard InChI is InChI=1S/C22H25ClIN3O2/c1-15(2)12-21(28)27-10-8-26(9-11-27)20-7-6-17(23)14-19(20)25-22(29)16-4-3-5-18(24)13-16/h3-7,13-15H,8-12H2,1-2H3,(H,25,29). The third-order valence-corrected chi connectivity index (χ3v) is 5.76. The van der Waals surface area contributed by atoms with Gasteiger partial charge in [0.05, 0.1) is 11.4 Å². The maximum Gasteiger partial charge on any atom is 0.255 e. The molecule has 0 aliphatic carbocycles. The summed E-state index contributed by atoms with van der Waals surface area (Å²) in [5.74, 6) is 0.403. The van der Waals surface area contributed by atoms with Gasteiger partial charge in [0.15, 0.2) is 0 Å². The van der Waals surface area contributed by atoms with Crippen molar-refractivity contribution in [3.63, 3.8) is 0 Å². The molecule has 0 saturated carbocycles. The van der Waals surface area contributed by atoms with Crippen LogP contribution in [0.25, 0.3) is 0 Å². The smallest absolute Gasteiger partial charge is 0.255 e. The van der Waals surface area contributed by atoms with Crippen LogP contribution in [0.15, 0.2) is 42.5 Å². The number of piperazine rings is 1. The van der Waals surface area contributed by atoms with Crippen LogP contribution in [0.3, 0.4) is 0 Å². The van der Waals surface area contributed by atoms with E-state index in [0.29, 0.717) is 41.7 Å². The maximum atomic E-state index is 12.7. The zero-order valence-electron chi connectivity index (χ0n) is 16.6. The number of halogens is 2. The Labute approximate surface area is 190 Å². The minimum absolute atomic E-state index is 0.169. The first kappa shape index (κ1) is 21.9. The lowest BCUT2D eigenvalue weighted by molar-refractivity contribution is -0.132. The molecular weight excluding hydrogens is 501 g/mol. The van der Waals surface area contributed by atoms with Crippen molar-refractivity contribution in [3.8, 4) is 0 Å². The predicted octanol–water partition coefficient (Wildman–Crippen LogP) is 4.89. The van der Waals surface area contributed by atoms with E-state index in [0.717, 1.165) is 22.3 Å². The lowest BCUT2D eigenvalue weighted by Crippen LogP contribution is -2.49. The molecule has 0 radical (unpaired) electrons. The van der Waals surface area contributed by atoms with Gasteiger partial charge in [0.2, 0.25) is 5.91 Å². The van der Waals surface area contributed by atoms with Crippen molar-refractivity contribution >= 4 is 57.4 Å². The summed E-state index contributed by atoms with van der Waals surface area (Å²) in [4.78, 5) is 29.2. The van der Waals surface area contributed by atoms with Gasteiger partial charge in [0.25, 0.3) is 5.91 Å². The highest BCUT2D eigenvalue weighted by molar-refractivity contribution is 14.1. The Morgan fingerprint density at radius 2 is 1.83 bits per heavy atom. The van der Waals surface area contributed by atoms with E-state index in [1.165, 1.54) is 0 Å². The van der Waals surface area contributed by atoms with Crippen molar-refractivity contribution in [1.82, 2.24) is 4.90 Å². The van der Waals surface area contributed by atoms with Crippen molar-refractivity contribution in [2.45, 2.75) is 20.3 Å². The second-order valence-corrected chi connectivity index (χ2v) is 9.27. The molecule has 0 atom stereocenters. The molecule has 5 nitrogen and oxygen atoms in total. The van der Waals surface area contributed by atoms with Gasteiger partial charge in [-0.2, -0.15) is 0 Å². The molecule has 1 fully saturated rings. The molecule has 7 heteroatoms. The molecule has 1 saturated heterocycles. The normalized spacial score (nSPS) is 14.2. The van der Waals surface area contributed by atoms with E-state index < -0.39 is 0 Å². The molecule has 1 aliphatic heterocycles. The number of nitrogens with one attached hydrogen (secondary N) is 1. The molecule has 0 unspecified atom stereocenters. The van der Waals surface area contributed by atoms with Crippen molar-refractivity contribution in [2.75, 3.05) is 36.4 Å². The Morgan fingerprint density at radius 3 is 2.48 bits per heavy atom. The number of anilines is 2. The first-order chi connectivity index (χ1) is 13.8. The SMILES string of the molecule is CC(C)CC(=O)N1CCN(c2ccc(Cl)cc2NC(=O)c2cccc(I)c2)CC1. The van der Waals surface area contributed by atoms with Crippen molar-refractivity contribution in [2.24, 2.45) is 5.92 Å². The minimum atomic E-state index is -0.169. The van der Waals surface area contributed by atoms with Crippen LogP contribution >= 0.6 is 34.2 Å². The number of carbonyl (C=O) groups excluding carboxylic acids is 2. The summed E-state index contributed by atoms with van der Waals surface area (Å²) >= 11 is 8.39. The number of amides is 2. The second kappa shape index (κ2) is 9.80. The highest BCUT2D eigenvalue weighted by Crippen LogP contribution is 2.30. The molecule has 2 aromatic carbocycles. The molecular formula is C22H25ClIN3O2. The van der Waals surface area contributed by atoms with Crippen LogP contribution in [-0.4, -0.2) is 42.9 Å². The van der Waals surface area contributed by atoms with Gasteiger partial charge < -0.3 is 15.1 Å². The van der Waals surface area contributed by atoms with Crippen LogP contribution in [-0.2, 0) is 4.79 Å². The van der Waals surface area contributed by atoms with Crippen LogP contribution in [0.1, 0.15) is 30.6 Å². The third kappa shape index (κ3) is 5.85. The Balaban J connectivity index is 1.73. The zero-order chi connectivity index (χ0) is 21.0. The maximum absolute atomic E-state index is 12.7. The van der Waals surface area contributed by atoms with Gasteiger partial charge in [-0.15, -0.1) is 0 Å². The van der Waals surface area contributed by atoms with Crippen LogP contribution < -0.4 is 10.2 Å². The Kier molecular flexibility index (Phi) is 7.40. The number of hydrogen-bond acceptors (Lipinski definition) is 3. The van der Waals surface area contributed by atoms with Crippen LogP contribution in [0, 0.1) is 9.49 Å². The number of carbonyl (C=O) groups is 2. The monoisotopic (exact) mass is 525 g/mol. The first-order valence-corrected chi connectivity index (χ1v) is 11.2. The molecule has 1 heterocycles. The predicted molar refractivity (Wildman–Crippen MR) is 127 cm³/mol. The summed E-state index contributed by atoms with van der Waals surface area (Å²) in [6.07, 6.45) is 0.581. The van der Waals surface area contributed by atoms with E-state index in [1.54, 1.807) is 12.1 Å². The lowest BCUT2D eigenvalue weighted by atomic mass is 10.1. The summed E-state index contributed by atoms with van der Waals surface area (Å²) in [6, 6.07) is 13.0. The molecule has 1 N–H and O–H groups in total. The van der Waals surface area contributed by atoms with E-state index in [2.05, 4.69) is 46.7 Å². The Bertz CT molecular complexity index is 895. The van der Waals surface area contributed by atoms with Gasteiger partial charge in [-0.05, 0) is 64.9 Å². The van der Waals surface area contributed by atoms with Crippen LogP contribution in [0.4, 0.5) is 11.4 Å². The van der Waals surface area contributed by atoms with Crippen LogP contribution in [0.2, 0.25) is 5.02 Å². The minimum Gasteiger partial charge on any atom is -0.366 e. The molecule has 29 heavy (non-hydrogen) atoms. The summed E-state index contributed by atoms with van der Waals surface area (Å²) in [5, 5.41) is 3.57. The number of hydrogen-bond donors (Lipinski definition) is 1. The first-order valence-electron chi connectivity index (χ1n) is 9.72. The molecule has 0 spiro atoms. The van der Waals surface area contributed by atoms with Gasteiger partial charge in [-0.25, -0.2) is 0 Å². The van der Waals surface area contributed by atoms with Crippen molar-refractivity contribution in [3.05, 3.63) is 56.6 Å². The number of benzene rings is 2. The van der Waals surface area contributed by atoms with E-state index >= 15 is 0 Å². The summed E-state index contributed by atoms with van der Waals surface area (Å²) in [5.41, 5.74) is 2.21. The fraction of sp³-hybridized carbons (Fsp3) is 0.364. The second-order valence-electron chi connectivity index (χ2n) is 7.59. The number of nitrogens with zero attached hydrogens (tertiary/aromatic N) is 2. The average molecular weight is 526 g/mol. The van der Waals surface area contributed by atoms with E-state index in [-0.39, 0.29) is 11.8 Å². The summed E-state index contributed by atoms with van der Waals surface area (Å²) in [7, 11) is 0. The number of rotatable bonds is 5. The Hall–Kier alpha value is -1.80. The van der Waals surface area contributed by atoms with Crippen molar-refractivity contribution in [1.29, 1.82) is 0 Å². The van der Waals surface area contributed by atoms with Crippen molar-refractivity contribution < 1.29 is 9.59 Å². The molecule has 0 bridgehead atoms. The fourth-order valence-corrected chi connectivity index (χ4v) is 4.10. The van der Waals surface area contributed by atoms with Gasteiger partial charge in [-0.3, -0.25) is 9.59 Å². The van der Waals surface area contributed by atoms with Gasteiger partial charge in [0, 0.05) is 46.8 Å². The van der Waals surface area contributed by atoms with Gasteiger partial charge >= 0.3 is 0 Å². The van der Waals surface area contributed by atoms with Gasteiger partial charge in [-0.1, -0.05) is 31.5 Å². The van der Waals surface area contributed by atoms with E-state index in [1.807, 2.05) is 35.2 Å². The Morgan fingerprint density at radius 1 is 1.10 bits per heavy atom. The molecule has 154 valence electrons. The third-order valence-electron chi connectivity index (χ3n) is 4.85. The van der Waals surface area contributed by atoms with Crippen LogP contribution in [0.5, 0.6) is 0 Å². The molecule has 2 amide bonds. The van der Waals surface area contributed by atoms with E-state index in [9.17, 15) is 9.59 Å². The van der Waals surface area contributed by atoms with E-state index in [4.69, 9.17) is 11.6 Å². The molecule has 2 aromatic rings. The molecule has 1 aliphatic rings. The molecule has 0 aromatic heterocycles. The topological polar surface area (TPSA) is 52.7 Å². The molecule has 3 rings (SSSR count). The fourth-order valence-electron chi connectivity index (χ4n) is 3.38. The average Bonchev–Trinajstić information content (AvgIpc) is 2.68. The zero-order valence-corrected chi connectivity index (χ0v) is 19.5. The summed E-state index contributed by atoms with van der Waals surface area (Å²) in [6.45, 7) is 6.92. The quantitative estimate of drug-likeness (QED) is 0.566. The highest BCUT2D eigenvalue weighted by Gasteiger charge is 2.23. The largest absolute Gasteiger partial charge is 0.366 e. The lowest BCUT2D eigenvalue weighted by Gasteiger charge is -2.37. The summed E-state index contributed by atoms with van der Waals surface area (Å²) < 4.78 is 1.00. The highest BCUT2D eigenvalue weighted by atomic mass is 127. The van der Waals surface area contributed by atoms with Gasteiger partial charge in [0.1, 0.15) is 0 Å².